The van der Waals surface area contributed by atoms with E-state index in [2.05, 4.69) is 22.8 Å². The number of nitrogens with one attached hydrogen (secondary N) is 2. The second-order valence-corrected chi connectivity index (χ2v) is 7.07. The fraction of sp³-hybridized carbons (Fsp3) is 0.0909. The molecule has 1 heterocycles. The molecule has 5 heteroatoms. The van der Waals surface area contributed by atoms with E-state index in [0.717, 1.165) is 21.6 Å². The van der Waals surface area contributed by atoms with Gasteiger partial charge in [0.25, 0.3) is 11.8 Å². The summed E-state index contributed by atoms with van der Waals surface area (Å²) in [7, 11) is 0. The van der Waals surface area contributed by atoms with E-state index in [-0.39, 0.29) is 11.8 Å². The molecule has 0 bridgehead atoms. The van der Waals surface area contributed by atoms with Crippen LogP contribution in [-0.2, 0) is 6.54 Å². The Kier molecular flexibility index (Phi) is 4.69. The summed E-state index contributed by atoms with van der Waals surface area (Å²) in [6, 6.07) is 20.9. The van der Waals surface area contributed by atoms with Crippen molar-refractivity contribution in [2.24, 2.45) is 0 Å². The van der Waals surface area contributed by atoms with Crippen molar-refractivity contribution in [3.63, 3.8) is 0 Å². The normalized spacial score (nSPS) is 12.4. The third kappa shape index (κ3) is 3.22. The SMILES string of the molecule is CSc1ccccc1-c1ccc(NC(=O)c2ccccc2)c2c1CNC2=O. The summed E-state index contributed by atoms with van der Waals surface area (Å²) in [5, 5.41) is 5.78. The van der Waals surface area contributed by atoms with Gasteiger partial charge in [0.15, 0.2) is 0 Å². The highest BCUT2D eigenvalue weighted by atomic mass is 32.2. The topological polar surface area (TPSA) is 58.2 Å². The quantitative estimate of drug-likeness (QED) is 0.658. The highest BCUT2D eigenvalue weighted by Gasteiger charge is 2.27. The second kappa shape index (κ2) is 7.29. The number of anilines is 1. The molecule has 4 nitrogen and oxygen atoms in total. The molecule has 3 aromatic rings. The van der Waals surface area contributed by atoms with E-state index in [0.29, 0.717) is 23.4 Å². The maximum absolute atomic E-state index is 12.5. The van der Waals surface area contributed by atoms with Crippen LogP contribution in [0.2, 0.25) is 0 Å². The van der Waals surface area contributed by atoms with Crippen molar-refractivity contribution >= 4 is 29.3 Å². The van der Waals surface area contributed by atoms with E-state index in [1.165, 1.54) is 0 Å². The Morgan fingerprint density at radius 1 is 0.963 bits per heavy atom. The van der Waals surface area contributed by atoms with Gasteiger partial charge >= 0.3 is 0 Å². The van der Waals surface area contributed by atoms with Crippen LogP contribution in [-0.4, -0.2) is 18.1 Å². The molecule has 27 heavy (non-hydrogen) atoms. The van der Waals surface area contributed by atoms with E-state index >= 15 is 0 Å². The Hall–Kier alpha value is -3.05. The zero-order valence-electron chi connectivity index (χ0n) is 14.8. The van der Waals surface area contributed by atoms with E-state index in [4.69, 9.17) is 0 Å². The van der Waals surface area contributed by atoms with E-state index in [9.17, 15) is 9.59 Å². The van der Waals surface area contributed by atoms with Gasteiger partial charge in [-0.1, -0.05) is 42.5 Å². The van der Waals surface area contributed by atoms with Crippen LogP contribution in [0.1, 0.15) is 26.3 Å². The minimum absolute atomic E-state index is 0.156. The van der Waals surface area contributed by atoms with Crippen molar-refractivity contribution in [1.29, 1.82) is 0 Å². The minimum atomic E-state index is -0.227. The first-order valence-corrected chi connectivity index (χ1v) is 9.85. The molecule has 0 aromatic heterocycles. The van der Waals surface area contributed by atoms with Crippen molar-refractivity contribution in [2.75, 3.05) is 11.6 Å². The van der Waals surface area contributed by atoms with Gasteiger partial charge in [-0.3, -0.25) is 9.59 Å². The van der Waals surface area contributed by atoms with Crippen molar-refractivity contribution in [3.05, 3.63) is 83.4 Å². The minimum Gasteiger partial charge on any atom is -0.348 e. The zero-order chi connectivity index (χ0) is 18.8. The summed E-state index contributed by atoms with van der Waals surface area (Å²) in [5.74, 6) is -0.383. The van der Waals surface area contributed by atoms with Gasteiger partial charge in [0, 0.05) is 17.0 Å². The lowest BCUT2D eigenvalue weighted by molar-refractivity contribution is 0.0966. The summed E-state index contributed by atoms with van der Waals surface area (Å²) in [5.41, 5.74) is 4.69. The van der Waals surface area contributed by atoms with E-state index in [1.54, 1.807) is 23.9 Å². The first-order valence-electron chi connectivity index (χ1n) is 8.63. The molecule has 0 aliphatic carbocycles. The maximum Gasteiger partial charge on any atom is 0.255 e. The van der Waals surface area contributed by atoms with Crippen molar-refractivity contribution in [1.82, 2.24) is 5.32 Å². The van der Waals surface area contributed by atoms with Crippen LogP contribution in [0.15, 0.2) is 71.6 Å². The first-order chi connectivity index (χ1) is 13.2. The second-order valence-electron chi connectivity index (χ2n) is 6.22. The van der Waals surface area contributed by atoms with Gasteiger partial charge in [-0.25, -0.2) is 0 Å². The number of carbonyl (C=O) groups excluding carboxylic acids is 2. The Bertz CT molecular complexity index is 1030. The lowest BCUT2D eigenvalue weighted by Crippen LogP contribution is -2.17. The van der Waals surface area contributed by atoms with Gasteiger partial charge in [-0.05, 0) is 47.2 Å². The van der Waals surface area contributed by atoms with Crippen molar-refractivity contribution < 1.29 is 9.59 Å². The summed E-state index contributed by atoms with van der Waals surface area (Å²) in [6.07, 6.45) is 2.04. The summed E-state index contributed by atoms with van der Waals surface area (Å²) in [6.45, 7) is 0.460. The molecule has 134 valence electrons. The summed E-state index contributed by atoms with van der Waals surface area (Å²) < 4.78 is 0. The third-order valence-corrected chi connectivity index (χ3v) is 5.44. The molecule has 1 aliphatic rings. The molecular weight excluding hydrogens is 356 g/mol. The number of carbonyl (C=O) groups is 2. The monoisotopic (exact) mass is 374 g/mol. The largest absolute Gasteiger partial charge is 0.348 e. The van der Waals surface area contributed by atoms with Crippen molar-refractivity contribution in [2.45, 2.75) is 11.4 Å². The predicted molar refractivity (Wildman–Crippen MR) is 109 cm³/mol. The average Bonchev–Trinajstić information content (AvgIpc) is 3.11. The standard InChI is InChI=1S/C22H18N2O2S/c1-27-19-10-6-5-9-16(19)15-11-12-18(20-17(15)13-23-22(20)26)24-21(25)14-7-3-2-4-8-14/h2-12H,13H2,1H3,(H,23,26)(H,24,25). The van der Waals surface area contributed by atoms with Gasteiger partial charge in [-0.15, -0.1) is 11.8 Å². The smallest absolute Gasteiger partial charge is 0.255 e. The van der Waals surface area contributed by atoms with Crippen LogP contribution >= 0.6 is 11.8 Å². The Morgan fingerprint density at radius 3 is 2.48 bits per heavy atom. The molecule has 2 N–H and O–H groups in total. The highest BCUT2D eigenvalue weighted by molar-refractivity contribution is 7.98. The molecular formula is C22H18N2O2S. The molecule has 1 aliphatic heterocycles. The van der Waals surface area contributed by atoms with Crippen molar-refractivity contribution in [3.8, 4) is 11.1 Å². The van der Waals surface area contributed by atoms with Gasteiger partial charge in [0.1, 0.15) is 0 Å². The lowest BCUT2D eigenvalue weighted by atomic mass is 9.95. The number of amides is 2. The fourth-order valence-electron chi connectivity index (χ4n) is 3.36. The number of benzene rings is 3. The van der Waals surface area contributed by atoms with Crippen LogP contribution in [0.3, 0.4) is 0 Å². The molecule has 0 saturated carbocycles. The molecule has 2 amide bonds. The first kappa shape index (κ1) is 17.4. The Balaban J connectivity index is 1.77. The summed E-state index contributed by atoms with van der Waals surface area (Å²) >= 11 is 1.67. The van der Waals surface area contributed by atoms with Gasteiger partial charge in [-0.2, -0.15) is 0 Å². The number of rotatable bonds is 4. The van der Waals surface area contributed by atoms with Crippen LogP contribution in [0.5, 0.6) is 0 Å². The molecule has 0 atom stereocenters. The highest BCUT2D eigenvalue weighted by Crippen LogP contribution is 2.37. The number of fused-ring (bicyclic) bond motifs is 1. The molecule has 0 saturated heterocycles. The van der Waals surface area contributed by atoms with E-state index < -0.39 is 0 Å². The van der Waals surface area contributed by atoms with Gasteiger partial charge < -0.3 is 10.6 Å². The predicted octanol–water partition coefficient (Wildman–Crippen LogP) is 4.57. The molecule has 3 aromatic carbocycles. The molecule has 0 fully saturated rings. The van der Waals surface area contributed by atoms with E-state index in [1.807, 2.05) is 48.7 Å². The molecule has 4 rings (SSSR count). The van der Waals surface area contributed by atoms with Crippen LogP contribution in [0.25, 0.3) is 11.1 Å². The third-order valence-electron chi connectivity index (χ3n) is 4.65. The Morgan fingerprint density at radius 2 is 1.70 bits per heavy atom. The number of hydrogen-bond donors (Lipinski definition) is 2. The van der Waals surface area contributed by atoms with Crippen LogP contribution in [0.4, 0.5) is 5.69 Å². The van der Waals surface area contributed by atoms with Gasteiger partial charge in [0.05, 0.1) is 11.3 Å². The van der Waals surface area contributed by atoms with Crippen LogP contribution < -0.4 is 10.6 Å². The Labute approximate surface area is 162 Å². The molecule has 0 spiro atoms. The van der Waals surface area contributed by atoms with Gasteiger partial charge in [0.2, 0.25) is 0 Å². The lowest BCUT2D eigenvalue weighted by Gasteiger charge is -2.14. The molecule has 0 radical (unpaired) electrons. The zero-order valence-corrected chi connectivity index (χ0v) is 15.6. The summed E-state index contributed by atoms with van der Waals surface area (Å²) in [4.78, 5) is 26.2. The number of hydrogen-bond acceptors (Lipinski definition) is 3. The van der Waals surface area contributed by atoms with Crippen LogP contribution in [0, 0.1) is 0 Å². The average molecular weight is 374 g/mol. The molecule has 0 unspecified atom stereocenters. The fourth-order valence-corrected chi connectivity index (χ4v) is 3.97. The maximum atomic E-state index is 12.5. The number of thioether (sulfide) groups is 1.